The van der Waals surface area contributed by atoms with Crippen LogP contribution in [0.2, 0.25) is 5.28 Å². The first-order valence-electron chi connectivity index (χ1n) is 10.3. The maximum absolute atomic E-state index is 6.16. The average molecular weight is 374 g/mol. The highest BCUT2D eigenvalue weighted by Crippen LogP contribution is 2.57. The molecule has 3 saturated carbocycles. The predicted molar refractivity (Wildman–Crippen MR) is 104 cm³/mol. The van der Waals surface area contributed by atoms with Crippen molar-refractivity contribution in [1.29, 1.82) is 0 Å². The number of fused-ring (bicyclic) bond motifs is 1. The van der Waals surface area contributed by atoms with E-state index in [2.05, 4.69) is 31.8 Å². The van der Waals surface area contributed by atoms with Crippen LogP contribution in [0.4, 0.5) is 5.82 Å². The Labute approximate surface area is 160 Å². The highest BCUT2D eigenvalue weighted by Gasteiger charge is 2.44. The normalized spacial score (nSPS) is 23.9. The molecule has 1 atom stereocenters. The Morgan fingerprint density at radius 2 is 1.96 bits per heavy atom. The molecular weight excluding hydrogens is 346 g/mol. The van der Waals surface area contributed by atoms with Crippen molar-refractivity contribution in [3.05, 3.63) is 11.6 Å². The van der Waals surface area contributed by atoms with Crippen LogP contribution in [0.5, 0.6) is 0 Å². The highest BCUT2D eigenvalue weighted by atomic mass is 35.5. The summed E-state index contributed by atoms with van der Waals surface area (Å²) in [5, 5.41) is 3.90. The van der Waals surface area contributed by atoms with E-state index in [0.717, 1.165) is 35.1 Å². The maximum atomic E-state index is 6.16. The Bertz CT molecular complexity index is 798. The fourth-order valence-electron chi connectivity index (χ4n) is 4.89. The smallest absolute Gasteiger partial charge is 0.226 e. The molecule has 0 radical (unpaired) electrons. The van der Waals surface area contributed by atoms with Crippen molar-refractivity contribution < 1.29 is 0 Å². The van der Waals surface area contributed by atoms with Crippen LogP contribution in [0.15, 0.2) is 6.33 Å². The summed E-state index contributed by atoms with van der Waals surface area (Å²) in [4.78, 5) is 13.4. The van der Waals surface area contributed by atoms with Crippen LogP contribution in [-0.2, 0) is 6.54 Å². The van der Waals surface area contributed by atoms with E-state index in [1.54, 1.807) is 0 Å². The number of aromatic nitrogens is 4. The van der Waals surface area contributed by atoms with E-state index in [-0.39, 0.29) is 5.28 Å². The van der Waals surface area contributed by atoms with Gasteiger partial charge in [-0.2, -0.15) is 9.97 Å². The molecule has 1 spiro atoms. The second-order valence-corrected chi connectivity index (χ2v) is 9.32. The van der Waals surface area contributed by atoms with Crippen LogP contribution < -0.4 is 5.32 Å². The van der Waals surface area contributed by atoms with Gasteiger partial charge >= 0.3 is 0 Å². The molecule has 3 aliphatic rings. The number of imidazole rings is 1. The van der Waals surface area contributed by atoms with Gasteiger partial charge in [-0.3, -0.25) is 0 Å². The topological polar surface area (TPSA) is 55.6 Å². The van der Waals surface area contributed by atoms with Gasteiger partial charge in [0.05, 0.1) is 6.33 Å². The summed E-state index contributed by atoms with van der Waals surface area (Å²) in [6.07, 6.45) is 14.3. The third-order valence-electron chi connectivity index (χ3n) is 7.24. The number of rotatable bonds is 5. The van der Waals surface area contributed by atoms with Crippen molar-refractivity contribution in [3.63, 3.8) is 0 Å². The van der Waals surface area contributed by atoms with Gasteiger partial charge in [-0.15, -0.1) is 0 Å². The van der Waals surface area contributed by atoms with Gasteiger partial charge in [-0.1, -0.05) is 6.42 Å². The van der Waals surface area contributed by atoms with E-state index in [9.17, 15) is 0 Å². The SMILES string of the molecule is C[C@@H](Nc1nc(Cl)nc2ncn(CC3CCC4(CC3)CC4)c12)C1CCC1. The molecule has 0 saturated heterocycles. The zero-order valence-corrected chi connectivity index (χ0v) is 16.3. The Balaban J connectivity index is 1.38. The van der Waals surface area contributed by atoms with Crippen LogP contribution in [0.25, 0.3) is 11.2 Å². The third kappa shape index (κ3) is 3.08. The molecular formula is C20H28ClN5. The monoisotopic (exact) mass is 373 g/mol. The Morgan fingerprint density at radius 3 is 2.62 bits per heavy atom. The number of hydrogen-bond acceptors (Lipinski definition) is 4. The van der Waals surface area contributed by atoms with Crippen LogP contribution in [-0.4, -0.2) is 25.6 Å². The van der Waals surface area contributed by atoms with Crippen molar-refractivity contribution in [2.75, 3.05) is 5.32 Å². The van der Waals surface area contributed by atoms with Crippen molar-refractivity contribution in [1.82, 2.24) is 19.5 Å². The maximum Gasteiger partial charge on any atom is 0.226 e. The van der Waals surface area contributed by atoms with Gasteiger partial charge < -0.3 is 9.88 Å². The second kappa shape index (κ2) is 6.36. The van der Waals surface area contributed by atoms with Gasteiger partial charge in [0.1, 0.15) is 5.52 Å². The minimum absolute atomic E-state index is 0.277. The summed E-state index contributed by atoms with van der Waals surface area (Å²) < 4.78 is 2.26. The molecule has 0 unspecified atom stereocenters. The molecule has 3 fully saturated rings. The average Bonchev–Trinajstić information content (AvgIpc) is 3.19. The lowest BCUT2D eigenvalue weighted by atomic mass is 9.80. The molecule has 0 aromatic carbocycles. The van der Waals surface area contributed by atoms with E-state index in [4.69, 9.17) is 11.6 Å². The van der Waals surface area contributed by atoms with E-state index >= 15 is 0 Å². The molecule has 140 valence electrons. The van der Waals surface area contributed by atoms with Gasteiger partial charge in [0.2, 0.25) is 5.28 Å². The molecule has 26 heavy (non-hydrogen) atoms. The summed E-state index contributed by atoms with van der Waals surface area (Å²) >= 11 is 6.16. The first kappa shape index (κ1) is 16.8. The number of hydrogen-bond donors (Lipinski definition) is 1. The molecule has 5 nitrogen and oxygen atoms in total. The minimum atomic E-state index is 0.277. The Hall–Kier alpha value is -1.36. The Morgan fingerprint density at radius 1 is 1.19 bits per heavy atom. The first-order chi connectivity index (χ1) is 12.6. The summed E-state index contributed by atoms with van der Waals surface area (Å²) in [7, 11) is 0. The second-order valence-electron chi connectivity index (χ2n) is 8.98. The van der Waals surface area contributed by atoms with E-state index < -0.39 is 0 Å². The van der Waals surface area contributed by atoms with Gasteiger partial charge in [0.15, 0.2) is 11.5 Å². The van der Waals surface area contributed by atoms with E-state index in [1.807, 2.05) is 6.33 Å². The minimum Gasteiger partial charge on any atom is -0.365 e. The van der Waals surface area contributed by atoms with Gasteiger partial charge in [-0.25, -0.2) is 4.98 Å². The van der Waals surface area contributed by atoms with Crippen LogP contribution in [0, 0.1) is 17.3 Å². The highest BCUT2D eigenvalue weighted by molar-refractivity contribution is 6.28. The van der Waals surface area contributed by atoms with Crippen LogP contribution in [0.3, 0.4) is 0 Å². The fourth-order valence-corrected chi connectivity index (χ4v) is 5.06. The number of anilines is 1. The number of nitrogens with one attached hydrogen (secondary N) is 1. The summed E-state index contributed by atoms with van der Waals surface area (Å²) in [5.41, 5.74) is 2.48. The fraction of sp³-hybridized carbons (Fsp3) is 0.750. The third-order valence-corrected chi connectivity index (χ3v) is 7.41. The van der Waals surface area contributed by atoms with Crippen LogP contribution >= 0.6 is 11.6 Å². The summed E-state index contributed by atoms with van der Waals surface area (Å²) in [6.45, 7) is 3.27. The molecule has 6 heteroatoms. The van der Waals surface area contributed by atoms with E-state index in [1.165, 1.54) is 57.8 Å². The molecule has 2 aromatic heterocycles. The lowest BCUT2D eigenvalue weighted by Crippen LogP contribution is -2.31. The first-order valence-corrected chi connectivity index (χ1v) is 10.6. The zero-order valence-electron chi connectivity index (χ0n) is 15.5. The lowest BCUT2D eigenvalue weighted by Gasteiger charge is -2.32. The number of nitrogens with zero attached hydrogens (tertiary/aromatic N) is 4. The quantitative estimate of drug-likeness (QED) is 0.745. The van der Waals surface area contributed by atoms with Gasteiger partial charge in [0, 0.05) is 12.6 Å². The molecule has 0 amide bonds. The van der Waals surface area contributed by atoms with E-state index in [0.29, 0.717) is 11.7 Å². The van der Waals surface area contributed by atoms with Crippen molar-refractivity contribution in [3.8, 4) is 0 Å². The summed E-state index contributed by atoms with van der Waals surface area (Å²) in [5.74, 6) is 2.33. The van der Waals surface area contributed by atoms with Crippen LogP contribution in [0.1, 0.15) is 64.7 Å². The number of halogens is 1. The standard InChI is InChI=1S/C20H28ClN5/c1-13(15-3-2-4-15)23-18-16-17(24-19(21)25-18)22-12-26(16)11-14-5-7-20(8-6-14)9-10-20/h12-15H,2-11H2,1H3,(H,23,24,25)/t13-/m1/s1. The largest absolute Gasteiger partial charge is 0.365 e. The molecule has 1 N–H and O–H groups in total. The van der Waals surface area contributed by atoms with Crippen molar-refractivity contribution in [2.24, 2.45) is 17.3 Å². The van der Waals surface area contributed by atoms with Crippen molar-refractivity contribution in [2.45, 2.75) is 77.3 Å². The molecule has 3 aliphatic carbocycles. The molecule has 2 heterocycles. The van der Waals surface area contributed by atoms with Gasteiger partial charge in [0.25, 0.3) is 0 Å². The molecule has 0 bridgehead atoms. The Kier molecular flexibility index (Phi) is 4.11. The lowest BCUT2D eigenvalue weighted by molar-refractivity contribution is 0.238. The predicted octanol–water partition coefficient (Wildman–Crippen LogP) is 5.05. The molecule has 2 aromatic rings. The van der Waals surface area contributed by atoms with Crippen molar-refractivity contribution >= 4 is 28.6 Å². The summed E-state index contributed by atoms with van der Waals surface area (Å²) in [6, 6.07) is 0.408. The molecule has 5 rings (SSSR count). The molecule has 0 aliphatic heterocycles. The van der Waals surface area contributed by atoms with Gasteiger partial charge in [-0.05, 0) is 87.1 Å². The zero-order chi connectivity index (χ0) is 17.7.